The summed E-state index contributed by atoms with van der Waals surface area (Å²) in [6.07, 6.45) is -0.0813. The Morgan fingerprint density at radius 1 is 1.13 bits per heavy atom. The molecule has 2 unspecified atom stereocenters. The minimum atomic E-state index is -3.51. The van der Waals surface area contributed by atoms with Crippen LogP contribution in [0, 0.1) is 0 Å². The van der Waals surface area contributed by atoms with Crippen LogP contribution >= 0.6 is 0 Å². The second-order valence-corrected chi connectivity index (χ2v) is 8.45. The Labute approximate surface area is 138 Å². The summed E-state index contributed by atoms with van der Waals surface area (Å²) in [6, 6.07) is 9.58. The van der Waals surface area contributed by atoms with E-state index in [4.69, 9.17) is 10.5 Å². The van der Waals surface area contributed by atoms with Crippen molar-refractivity contribution >= 4 is 10.2 Å². The molecule has 4 atom stereocenters. The first-order valence-electron chi connectivity index (χ1n) is 8.08. The van der Waals surface area contributed by atoms with E-state index >= 15 is 0 Å². The molecule has 0 radical (unpaired) electrons. The normalized spacial score (nSPS) is 33.9. The van der Waals surface area contributed by atoms with E-state index in [1.54, 1.807) is 4.31 Å². The molecule has 2 aliphatic heterocycles. The van der Waals surface area contributed by atoms with Gasteiger partial charge in [0.25, 0.3) is 10.2 Å². The number of hydrogen-bond acceptors (Lipinski definition) is 4. The third-order valence-electron chi connectivity index (χ3n) is 4.73. The van der Waals surface area contributed by atoms with Crippen LogP contribution in [0.25, 0.3) is 0 Å². The predicted molar refractivity (Wildman–Crippen MR) is 89.2 cm³/mol. The Balaban J connectivity index is 1.79. The van der Waals surface area contributed by atoms with Gasteiger partial charge in [-0.05, 0) is 19.4 Å². The molecule has 23 heavy (non-hydrogen) atoms. The lowest BCUT2D eigenvalue weighted by atomic mass is 9.95. The summed E-state index contributed by atoms with van der Waals surface area (Å²) in [5, 5.41) is 0. The molecule has 2 saturated heterocycles. The Hall–Kier alpha value is -0.990. The van der Waals surface area contributed by atoms with E-state index in [-0.39, 0.29) is 24.1 Å². The van der Waals surface area contributed by atoms with Crippen molar-refractivity contribution in [3.05, 3.63) is 35.9 Å². The third kappa shape index (κ3) is 3.29. The maximum Gasteiger partial charge on any atom is 0.282 e. The second-order valence-electron chi connectivity index (χ2n) is 6.57. The van der Waals surface area contributed by atoms with E-state index in [0.717, 1.165) is 5.56 Å². The van der Waals surface area contributed by atoms with E-state index in [2.05, 4.69) is 0 Å². The van der Waals surface area contributed by atoms with Gasteiger partial charge in [-0.25, -0.2) is 0 Å². The molecular weight excluding hydrogens is 314 g/mol. The van der Waals surface area contributed by atoms with Crippen LogP contribution in [0.15, 0.2) is 30.3 Å². The van der Waals surface area contributed by atoms with Crippen LogP contribution in [-0.4, -0.2) is 61.5 Å². The minimum absolute atomic E-state index is 0.0414. The fourth-order valence-electron chi connectivity index (χ4n) is 3.38. The number of ether oxygens (including phenoxy) is 1. The summed E-state index contributed by atoms with van der Waals surface area (Å²) < 4.78 is 34.6. The molecule has 1 aromatic carbocycles. The summed E-state index contributed by atoms with van der Waals surface area (Å²) >= 11 is 0. The van der Waals surface area contributed by atoms with Gasteiger partial charge >= 0.3 is 0 Å². The lowest BCUT2D eigenvalue weighted by molar-refractivity contribution is -0.0188. The first-order chi connectivity index (χ1) is 10.9. The number of nitrogens with zero attached hydrogens (tertiary/aromatic N) is 2. The van der Waals surface area contributed by atoms with Gasteiger partial charge in [-0.15, -0.1) is 0 Å². The number of benzene rings is 1. The fraction of sp³-hybridized carbons (Fsp3) is 0.625. The number of rotatable bonds is 3. The molecule has 7 heteroatoms. The van der Waals surface area contributed by atoms with Gasteiger partial charge in [0.15, 0.2) is 0 Å². The smallest absolute Gasteiger partial charge is 0.282 e. The molecule has 0 aromatic heterocycles. The Morgan fingerprint density at radius 2 is 1.83 bits per heavy atom. The van der Waals surface area contributed by atoms with Crippen LogP contribution in [0.1, 0.15) is 25.3 Å². The average molecular weight is 339 g/mol. The van der Waals surface area contributed by atoms with E-state index in [1.165, 1.54) is 4.31 Å². The molecule has 0 aliphatic carbocycles. The van der Waals surface area contributed by atoms with E-state index in [0.29, 0.717) is 26.2 Å². The summed E-state index contributed by atoms with van der Waals surface area (Å²) in [5.74, 6) is 0.0414. The predicted octanol–water partition coefficient (Wildman–Crippen LogP) is 0.767. The van der Waals surface area contributed by atoms with Crippen molar-refractivity contribution in [2.75, 3.05) is 26.2 Å². The van der Waals surface area contributed by atoms with Crippen molar-refractivity contribution in [1.82, 2.24) is 8.61 Å². The zero-order valence-corrected chi connectivity index (χ0v) is 14.4. The molecule has 2 aliphatic rings. The fourth-order valence-corrected chi connectivity index (χ4v) is 5.30. The topological polar surface area (TPSA) is 75.9 Å². The largest absolute Gasteiger partial charge is 0.375 e. The summed E-state index contributed by atoms with van der Waals surface area (Å²) in [5.41, 5.74) is 7.34. The number of nitrogens with two attached hydrogens (primary N) is 1. The van der Waals surface area contributed by atoms with Crippen LogP contribution in [0.3, 0.4) is 0 Å². The SMILES string of the molecule is CC1CN(S(=O)(=O)N2C[C@@H](N)[C@H](c3ccccc3)C2)C(C)CO1. The van der Waals surface area contributed by atoms with Crippen LogP contribution in [0.2, 0.25) is 0 Å². The van der Waals surface area contributed by atoms with Gasteiger partial charge in [-0.3, -0.25) is 0 Å². The van der Waals surface area contributed by atoms with Crippen molar-refractivity contribution in [2.24, 2.45) is 5.73 Å². The van der Waals surface area contributed by atoms with Crippen molar-refractivity contribution in [2.45, 2.75) is 38.0 Å². The summed E-state index contributed by atoms with van der Waals surface area (Å²) in [7, 11) is -3.51. The van der Waals surface area contributed by atoms with Gasteiger partial charge in [-0.1, -0.05) is 30.3 Å². The molecule has 1 aromatic rings. The molecule has 2 fully saturated rings. The van der Waals surface area contributed by atoms with Gasteiger partial charge < -0.3 is 10.5 Å². The molecule has 2 heterocycles. The monoisotopic (exact) mass is 339 g/mol. The van der Waals surface area contributed by atoms with E-state index in [9.17, 15) is 8.42 Å². The van der Waals surface area contributed by atoms with Gasteiger partial charge in [0, 0.05) is 37.6 Å². The van der Waals surface area contributed by atoms with Gasteiger partial charge in [-0.2, -0.15) is 17.0 Å². The standard InChI is InChI=1S/C16H25N3O3S/c1-12-11-22-13(2)8-19(12)23(20,21)18-9-15(16(17)10-18)14-6-4-3-5-7-14/h3-7,12-13,15-16H,8-11,17H2,1-2H3/t12?,13?,15-,16+/m0/s1. The summed E-state index contributed by atoms with van der Waals surface area (Å²) in [4.78, 5) is 0. The molecule has 0 saturated carbocycles. The van der Waals surface area contributed by atoms with Crippen molar-refractivity contribution < 1.29 is 13.2 Å². The highest BCUT2D eigenvalue weighted by molar-refractivity contribution is 7.86. The van der Waals surface area contributed by atoms with Gasteiger partial charge in [0.1, 0.15) is 0 Å². The highest BCUT2D eigenvalue weighted by Gasteiger charge is 2.43. The number of hydrogen-bond donors (Lipinski definition) is 1. The van der Waals surface area contributed by atoms with Crippen LogP contribution in [-0.2, 0) is 14.9 Å². The van der Waals surface area contributed by atoms with Crippen molar-refractivity contribution in [3.63, 3.8) is 0 Å². The molecule has 128 valence electrons. The van der Waals surface area contributed by atoms with Crippen molar-refractivity contribution in [3.8, 4) is 0 Å². The zero-order valence-electron chi connectivity index (χ0n) is 13.6. The molecular formula is C16H25N3O3S. The third-order valence-corrected chi connectivity index (χ3v) is 6.78. The Bertz CT molecular complexity index is 637. The summed E-state index contributed by atoms with van der Waals surface area (Å²) in [6.45, 7) is 5.41. The van der Waals surface area contributed by atoms with Gasteiger partial charge in [0.2, 0.25) is 0 Å². The Kier molecular flexibility index (Phi) is 4.75. The van der Waals surface area contributed by atoms with Crippen LogP contribution in [0.4, 0.5) is 0 Å². The quantitative estimate of drug-likeness (QED) is 0.882. The maximum absolute atomic E-state index is 13.0. The molecule has 6 nitrogen and oxygen atoms in total. The van der Waals surface area contributed by atoms with E-state index in [1.807, 2.05) is 44.2 Å². The number of morpholine rings is 1. The highest BCUT2D eigenvalue weighted by atomic mass is 32.2. The lowest BCUT2D eigenvalue weighted by Gasteiger charge is -2.37. The molecule has 3 rings (SSSR count). The molecule has 0 bridgehead atoms. The minimum Gasteiger partial charge on any atom is -0.375 e. The average Bonchev–Trinajstić information content (AvgIpc) is 2.93. The Morgan fingerprint density at radius 3 is 2.52 bits per heavy atom. The maximum atomic E-state index is 13.0. The highest BCUT2D eigenvalue weighted by Crippen LogP contribution is 2.30. The van der Waals surface area contributed by atoms with E-state index < -0.39 is 10.2 Å². The first kappa shape index (κ1) is 16.9. The molecule has 0 amide bonds. The lowest BCUT2D eigenvalue weighted by Crippen LogP contribution is -2.54. The molecule has 2 N–H and O–H groups in total. The van der Waals surface area contributed by atoms with Crippen LogP contribution in [0.5, 0.6) is 0 Å². The van der Waals surface area contributed by atoms with Gasteiger partial charge in [0.05, 0.1) is 12.7 Å². The molecule has 0 spiro atoms. The first-order valence-corrected chi connectivity index (χ1v) is 9.48. The van der Waals surface area contributed by atoms with Crippen LogP contribution < -0.4 is 5.73 Å². The zero-order chi connectivity index (χ0) is 16.6. The second kappa shape index (κ2) is 6.49. The van der Waals surface area contributed by atoms with Crippen molar-refractivity contribution in [1.29, 1.82) is 0 Å².